The number of hydrogen-bond donors (Lipinski definition) is 2. The molecule has 6 heteroatoms. The van der Waals surface area contributed by atoms with Gasteiger partial charge in [0.1, 0.15) is 22.6 Å². The lowest BCUT2D eigenvalue weighted by Crippen LogP contribution is -2.20. The molecule has 0 spiro atoms. The number of benzene rings is 2. The number of methoxy groups -OCH3 is 1. The lowest BCUT2D eigenvalue weighted by Gasteiger charge is -2.06. The second kappa shape index (κ2) is 5.84. The molecule has 3 aromatic rings. The van der Waals surface area contributed by atoms with E-state index in [9.17, 15) is 14.7 Å². The summed E-state index contributed by atoms with van der Waals surface area (Å²) in [6.07, 6.45) is 0. The van der Waals surface area contributed by atoms with Gasteiger partial charge in [-0.1, -0.05) is 0 Å². The molecule has 23 heavy (non-hydrogen) atoms. The van der Waals surface area contributed by atoms with Crippen molar-refractivity contribution in [3.05, 3.63) is 64.5 Å². The van der Waals surface area contributed by atoms with E-state index >= 15 is 0 Å². The Morgan fingerprint density at radius 1 is 1.13 bits per heavy atom. The van der Waals surface area contributed by atoms with Gasteiger partial charge in [-0.25, -0.2) is 4.79 Å². The van der Waals surface area contributed by atoms with Gasteiger partial charge in [0, 0.05) is 11.1 Å². The van der Waals surface area contributed by atoms with E-state index in [0.717, 1.165) is 0 Å². The zero-order valence-corrected chi connectivity index (χ0v) is 12.2. The zero-order valence-electron chi connectivity index (χ0n) is 12.2. The van der Waals surface area contributed by atoms with Gasteiger partial charge in [-0.15, -0.1) is 0 Å². The quantitative estimate of drug-likeness (QED) is 0.573. The summed E-state index contributed by atoms with van der Waals surface area (Å²) in [6, 6.07) is 12.3. The molecule has 116 valence electrons. The van der Waals surface area contributed by atoms with Crippen LogP contribution in [0.5, 0.6) is 11.5 Å². The van der Waals surface area contributed by atoms with Crippen molar-refractivity contribution in [3.8, 4) is 11.5 Å². The maximum Gasteiger partial charge on any atom is 0.349 e. The molecule has 1 amide bonds. The highest BCUT2D eigenvalue weighted by molar-refractivity contribution is 6.05. The average molecular weight is 311 g/mol. The summed E-state index contributed by atoms with van der Waals surface area (Å²) in [6.45, 7) is 0. The first-order valence-corrected chi connectivity index (χ1v) is 6.79. The van der Waals surface area contributed by atoms with Crippen molar-refractivity contribution in [1.29, 1.82) is 0 Å². The number of anilines is 1. The molecule has 0 bridgehead atoms. The standard InChI is InChI=1S/C17H13NO5/c1-22-13-6-7-15-10(8-13)9-14(17(21)23-15)16(20)18-11-2-4-12(19)5-3-11/h2-9,19H,1H3,(H,18,20). The summed E-state index contributed by atoms with van der Waals surface area (Å²) < 4.78 is 10.3. The van der Waals surface area contributed by atoms with E-state index in [0.29, 0.717) is 22.4 Å². The first-order chi connectivity index (χ1) is 11.1. The fourth-order valence-corrected chi connectivity index (χ4v) is 2.13. The summed E-state index contributed by atoms with van der Waals surface area (Å²) in [5.74, 6) is 0.0886. The van der Waals surface area contributed by atoms with E-state index in [4.69, 9.17) is 9.15 Å². The minimum Gasteiger partial charge on any atom is -0.508 e. The third-order valence-corrected chi connectivity index (χ3v) is 3.31. The Hall–Kier alpha value is -3.28. The predicted octanol–water partition coefficient (Wildman–Crippen LogP) is 2.76. The van der Waals surface area contributed by atoms with Crippen molar-refractivity contribution in [2.75, 3.05) is 12.4 Å². The smallest absolute Gasteiger partial charge is 0.349 e. The van der Waals surface area contributed by atoms with Crippen LogP contribution in [0.4, 0.5) is 5.69 Å². The van der Waals surface area contributed by atoms with Crippen molar-refractivity contribution >= 4 is 22.6 Å². The minimum absolute atomic E-state index is 0.0836. The number of carbonyl (C=O) groups is 1. The van der Waals surface area contributed by atoms with Crippen molar-refractivity contribution in [2.24, 2.45) is 0 Å². The minimum atomic E-state index is -0.723. The molecule has 1 aromatic heterocycles. The van der Waals surface area contributed by atoms with Crippen LogP contribution in [-0.2, 0) is 0 Å². The maximum atomic E-state index is 12.3. The van der Waals surface area contributed by atoms with Gasteiger partial charge in [0.05, 0.1) is 7.11 Å². The summed E-state index contributed by atoms with van der Waals surface area (Å²) in [5, 5.41) is 12.4. The highest BCUT2D eigenvalue weighted by Crippen LogP contribution is 2.21. The van der Waals surface area contributed by atoms with Crippen LogP contribution in [0.15, 0.2) is 57.7 Å². The monoisotopic (exact) mass is 311 g/mol. The molecule has 2 aromatic carbocycles. The zero-order chi connectivity index (χ0) is 16.4. The molecule has 0 aliphatic carbocycles. The highest BCUT2D eigenvalue weighted by atomic mass is 16.5. The predicted molar refractivity (Wildman–Crippen MR) is 85.1 cm³/mol. The SMILES string of the molecule is COc1ccc2oc(=O)c(C(=O)Nc3ccc(O)cc3)cc2c1. The Bertz CT molecular complexity index is 928. The highest BCUT2D eigenvalue weighted by Gasteiger charge is 2.14. The van der Waals surface area contributed by atoms with Crippen molar-refractivity contribution < 1.29 is 19.1 Å². The third-order valence-electron chi connectivity index (χ3n) is 3.31. The van der Waals surface area contributed by atoms with Gasteiger partial charge in [-0.3, -0.25) is 4.79 Å². The van der Waals surface area contributed by atoms with E-state index < -0.39 is 11.5 Å². The van der Waals surface area contributed by atoms with E-state index in [1.54, 1.807) is 18.2 Å². The van der Waals surface area contributed by atoms with E-state index in [1.807, 2.05) is 0 Å². The molecular formula is C17H13NO5. The number of nitrogens with one attached hydrogen (secondary N) is 1. The van der Waals surface area contributed by atoms with Crippen molar-refractivity contribution in [2.45, 2.75) is 0 Å². The van der Waals surface area contributed by atoms with E-state index in [2.05, 4.69) is 5.32 Å². The number of phenols is 1. The van der Waals surface area contributed by atoms with Gasteiger partial charge in [0.15, 0.2) is 0 Å². The molecule has 1 heterocycles. The van der Waals surface area contributed by atoms with Crippen LogP contribution in [0.1, 0.15) is 10.4 Å². The molecule has 0 atom stereocenters. The van der Waals surface area contributed by atoms with Gasteiger partial charge in [0.2, 0.25) is 0 Å². The van der Waals surface area contributed by atoms with Crippen LogP contribution in [0.25, 0.3) is 11.0 Å². The number of fused-ring (bicyclic) bond motifs is 1. The van der Waals surface area contributed by atoms with Gasteiger partial charge in [-0.2, -0.15) is 0 Å². The molecule has 2 N–H and O–H groups in total. The Kier molecular flexibility index (Phi) is 3.72. The van der Waals surface area contributed by atoms with Crippen molar-refractivity contribution in [1.82, 2.24) is 0 Å². The fourth-order valence-electron chi connectivity index (χ4n) is 2.13. The number of phenolic OH excluding ortho intramolecular Hbond substituents is 1. The Balaban J connectivity index is 1.97. The number of amides is 1. The van der Waals surface area contributed by atoms with E-state index in [1.165, 1.54) is 37.4 Å². The first kappa shape index (κ1) is 14.6. The molecule has 0 saturated carbocycles. The van der Waals surface area contributed by atoms with Crippen LogP contribution < -0.4 is 15.7 Å². The molecule has 0 saturated heterocycles. The second-order valence-electron chi connectivity index (χ2n) is 4.85. The Morgan fingerprint density at radius 2 is 1.87 bits per heavy atom. The number of hydrogen-bond acceptors (Lipinski definition) is 5. The van der Waals surface area contributed by atoms with Crippen molar-refractivity contribution in [3.63, 3.8) is 0 Å². The lowest BCUT2D eigenvalue weighted by molar-refractivity contribution is 0.102. The largest absolute Gasteiger partial charge is 0.508 e. The summed E-state index contributed by atoms with van der Waals surface area (Å²) in [7, 11) is 1.53. The fraction of sp³-hybridized carbons (Fsp3) is 0.0588. The molecule has 3 rings (SSSR count). The molecular weight excluding hydrogens is 298 g/mol. The van der Waals surface area contributed by atoms with Crippen LogP contribution in [0.2, 0.25) is 0 Å². The molecule has 0 unspecified atom stereocenters. The van der Waals surface area contributed by atoms with Crippen LogP contribution in [0, 0.1) is 0 Å². The van der Waals surface area contributed by atoms with Gasteiger partial charge in [0.25, 0.3) is 5.91 Å². The summed E-state index contributed by atoms with van der Waals surface area (Å²) in [4.78, 5) is 24.2. The van der Waals surface area contributed by atoms with Crippen LogP contribution in [0.3, 0.4) is 0 Å². The lowest BCUT2D eigenvalue weighted by atomic mass is 10.1. The molecule has 0 aliphatic rings. The Morgan fingerprint density at radius 3 is 2.57 bits per heavy atom. The number of aromatic hydroxyl groups is 1. The van der Waals surface area contributed by atoms with Gasteiger partial charge >= 0.3 is 5.63 Å². The van der Waals surface area contributed by atoms with Crippen LogP contribution in [-0.4, -0.2) is 18.1 Å². The topological polar surface area (TPSA) is 88.8 Å². The maximum absolute atomic E-state index is 12.3. The first-order valence-electron chi connectivity index (χ1n) is 6.79. The molecule has 0 fully saturated rings. The van der Waals surface area contributed by atoms with E-state index in [-0.39, 0.29) is 11.3 Å². The average Bonchev–Trinajstić information content (AvgIpc) is 2.55. The van der Waals surface area contributed by atoms with Gasteiger partial charge < -0.3 is 19.6 Å². The molecule has 6 nitrogen and oxygen atoms in total. The second-order valence-corrected chi connectivity index (χ2v) is 4.85. The number of rotatable bonds is 3. The number of ether oxygens (including phenoxy) is 1. The molecule has 0 radical (unpaired) electrons. The summed E-state index contributed by atoms with van der Waals surface area (Å²) in [5.41, 5.74) is -0.00676. The normalized spacial score (nSPS) is 10.5. The number of carbonyl (C=O) groups excluding carboxylic acids is 1. The molecule has 0 aliphatic heterocycles. The summed E-state index contributed by atoms with van der Waals surface area (Å²) >= 11 is 0. The van der Waals surface area contributed by atoms with Crippen LogP contribution >= 0.6 is 0 Å². The third kappa shape index (κ3) is 3.01. The van der Waals surface area contributed by atoms with Gasteiger partial charge in [-0.05, 0) is 48.5 Å². The Labute approximate surface area is 130 Å².